The summed E-state index contributed by atoms with van der Waals surface area (Å²) >= 11 is 1.65. The molecule has 20 heavy (non-hydrogen) atoms. The second-order valence-corrected chi connectivity index (χ2v) is 6.10. The van der Waals surface area contributed by atoms with Crippen LogP contribution in [0.2, 0.25) is 0 Å². The van der Waals surface area contributed by atoms with Gasteiger partial charge in [-0.25, -0.2) is 4.98 Å². The maximum Gasteiger partial charge on any atom is 0.0795 e. The standard InChI is InChI=1S/C16H23N3S/c1-13(2)17-9-16(14-7-5-4-6-8-14)19(3)10-15-11-20-12-18-15/h4-8,11-13,16-17H,9-10H2,1-3H3. The number of nitrogens with one attached hydrogen (secondary N) is 1. The highest BCUT2D eigenvalue weighted by molar-refractivity contribution is 7.07. The molecule has 0 fully saturated rings. The molecule has 108 valence electrons. The van der Waals surface area contributed by atoms with Gasteiger partial charge in [-0.1, -0.05) is 44.2 Å². The zero-order valence-corrected chi connectivity index (χ0v) is 13.2. The first-order valence-electron chi connectivity index (χ1n) is 7.02. The van der Waals surface area contributed by atoms with Crippen LogP contribution in [-0.2, 0) is 6.54 Å². The average molecular weight is 289 g/mol. The second-order valence-electron chi connectivity index (χ2n) is 5.38. The van der Waals surface area contributed by atoms with Gasteiger partial charge in [0.25, 0.3) is 0 Å². The Labute approximate surface area is 125 Å². The quantitative estimate of drug-likeness (QED) is 0.847. The van der Waals surface area contributed by atoms with Crippen molar-refractivity contribution in [2.45, 2.75) is 32.5 Å². The summed E-state index contributed by atoms with van der Waals surface area (Å²) in [6.07, 6.45) is 0. The number of likely N-dealkylation sites (N-methyl/N-ethyl adjacent to an activating group) is 1. The van der Waals surface area contributed by atoms with Crippen LogP contribution in [0.3, 0.4) is 0 Å². The smallest absolute Gasteiger partial charge is 0.0795 e. The third kappa shape index (κ3) is 4.40. The summed E-state index contributed by atoms with van der Waals surface area (Å²) in [5.74, 6) is 0. The number of hydrogen-bond acceptors (Lipinski definition) is 4. The van der Waals surface area contributed by atoms with Crippen LogP contribution < -0.4 is 5.32 Å². The van der Waals surface area contributed by atoms with E-state index in [2.05, 4.69) is 71.8 Å². The summed E-state index contributed by atoms with van der Waals surface area (Å²) in [6, 6.07) is 11.5. The van der Waals surface area contributed by atoms with E-state index in [1.165, 1.54) is 5.56 Å². The Balaban J connectivity index is 2.08. The van der Waals surface area contributed by atoms with Crippen LogP contribution in [0.25, 0.3) is 0 Å². The molecule has 0 aliphatic carbocycles. The van der Waals surface area contributed by atoms with Crippen molar-refractivity contribution < 1.29 is 0 Å². The van der Waals surface area contributed by atoms with Crippen LogP contribution >= 0.6 is 11.3 Å². The summed E-state index contributed by atoms with van der Waals surface area (Å²) in [7, 11) is 2.17. The summed E-state index contributed by atoms with van der Waals surface area (Å²) in [4.78, 5) is 6.74. The van der Waals surface area contributed by atoms with Crippen LogP contribution in [0, 0.1) is 0 Å². The molecule has 1 heterocycles. The summed E-state index contributed by atoms with van der Waals surface area (Å²) in [6.45, 7) is 6.19. The predicted octanol–water partition coefficient (Wildman–Crippen LogP) is 3.31. The Morgan fingerprint density at radius 3 is 2.60 bits per heavy atom. The SMILES string of the molecule is CC(C)NCC(c1ccccc1)N(C)Cc1cscn1. The lowest BCUT2D eigenvalue weighted by molar-refractivity contribution is 0.224. The molecule has 0 bridgehead atoms. The van der Waals surface area contributed by atoms with E-state index in [1.54, 1.807) is 11.3 Å². The van der Waals surface area contributed by atoms with Gasteiger partial charge in [-0.2, -0.15) is 0 Å². The Kier molecular flexibility index (Phi) is 5.71. The van der Waals surface area contributed by atoms with Gasteiger partial charge in [0.05, 0.1) is 11.2 Å². The average Bonchev–Trinajstić information content (AvgIpc) is 2.92. The lowest BCUT2D eigenvalue weighted by Gasteiger charge is -2.29. The van der Waals surface area contributed by atoms with E-state index in [9.17, 15) is 0 Å². The number of nitrogens with zero attached hydrogens (tertiary/aromatic N) is 2. The molecule has 1 unspecified atom stereocenters. The van der Waals surface area contributed by atoms with Crippen LogP contribution in [0.15, 0.2) is 41.2 Å². The maximum atomic E-state index is 4.38. The van der Waals surface area contributed by atoms with Crippen molar-refractivity contribution in [3.8, 4) is 0 Å². The molecule has 1 aromatic carbocycles. The van der Waals surface area contributed by atoms with Crippen LogP contribution in [0.1, 0.15) is 31.1 Å². The van der Waals surface area contributed by atoms with Gasteiger partial charge in [-0.05, 0) is 12.6 Å². The minimum atomic E-state index is 0.361. The molecule has 0 amide bonds. The van der Waals surface area contributed by atoms with Crippen molar-refractivity contribution >= 4 is 11.3 Å². The Morgan fingerprint density at radius 2 is 2.00 bits per heavy atom. The fraction of sp³-hybridized carbons (Fsp3) is 0.438. The minimum absolute atomic E-state index is 0.361. The first-order valence-corrected chi connectivity index (χ1v) is 7.96. The van der Waals surface area contributed by atoms with Gasteiger partial charge in [0, 0.05) is 30.6 Å². The fourth-order valence-corrected chi connectivity index (χ4v) is 2.78. The second kappa shape index (κ2) is 7.53. The van der Waals surface area contributed by atoms with E-state index in [4.69, 9.17) is 0 Å². The summed E-state index contributed by atoms with van der Waals surface area (Å²) in [5, 5.41) is 5.66. The minimum Gasteiger partial charge on any atom is -0.313 e. The van der Waals surface area contributed by atoms with Crippen LogP contribution in [0.4, 0.5) is 0 Å². The Morgan fingerprint density at radius 1 is 1.25 bits per heavy atom. The van der Waals surface area contributed by atoms with Gasteiger partial charge in [0.1, 0.15) is 0 Å². The van der Waals surface area contributed by atoms with Crippen molar-refractivity contribution in [3.05, 3.63) is 52.5 Å². The maximum absolute atomic E-state index is 4.38. The van der Waals surface area contributed by atoms with E-state index in [0.29, 0.717) is 12.1 Å². The highest BCUT2D eigenvalue weighted by atomic mass is 32.1. The number of aromatic nitrogens is 1. The topological polar surface area (TPSA) is 28.2 Å². The van der Waals surface area contributed by atoms with Gasteiger partial charge >= 0.3 is 0 Å². The number of rotatable bonds is 7. The van der Waals surface area contributed by atoms with Crippen molar-refractivity contribution in [3.63, 3.8) is 0 Å². The van der Waals surface area contributed by atoms with E-state index in [1.807, 2.05) is 5.51 Å². The van der Waals surface area contributed by atoms with Crippen molar-refractivity contribution in [2.75, 3.05) is 13.6 Å². The van der Waals surface area contributed by atoms with E-state index < -0.39 is 0 Å². The third-order valence-corrected chi connectivity index (χ3v) is 3.97. The molecule has 1 aromatic heterocycles. The molecule has 1 atom stereocenters. The summed E-state index contributed by atoms with van der Waals surface area (Å²) in [5.41, 5.74) is 4.38. The fourth-order valence-electron chi connectivity index (χ4n) is 2.23. The van der Waals surface area contributed by atoms with Gasteiger partial charge in [0.2, 0.25) is 0 Å². The van der Waals surface area contributed by atoms with E-state index >= 15 is 0 Å². The molecule has 3 nitrogen and oxygen atoms in total. The molecule has 0 radical (unpaired) electrons. The molecule has 0 spiro atoms. The summed E-state index contributed by atoms with van der Waals surface area (Å²) < 4.78 is 0. The van der Waals surface area contributed by atoms with E-state index in [0.717, 1.165) is 18.8 Å². The molecule has 2 rings (SSSR count). The molecule has 4 heteroatoms. The number of benzene rings is 1. The molecule has 0 saturated carbocycles. The lowest BCUT2D eigenvalue weighted by Crippen LogP contribution is -2.36. The van der Waals surface area contributed by atoms with Crippen LogP contribution in [-0.4, -0.2) is 29.5 Å². The molecule has 0 aliphatic heterocycles. The normalized spacial score (nSPS) is 13.1. The molecular formula is C16H23N3S. The molecule has 2 aromatic rings. The monoisotopic (exact) mass is 289 g/mol. The largest absolute Gasteiger partial charge is 0.313 e. The first kappa shape index (κ1) is 15.2. The number of thiazole rings is 1. The van der Waals surface area contributed by atoms with Crippen molar-refractivity contribution in [2.24, 2.45) is 0 Å². The Hall–Kier alpha value is -1.23. The molecule has 0 saturated heterocycles. The predicted molar refractivity (Wildman–Crippen MR) is 85.9 cm³/mol. The van der Waals surface area contributed by atoms with Gasteiger partial charge in [-0.3, -0.25) is 4.90 Å². The van der Waals surface area contributed by atoms with Gasteiger partial charge < -0.3 is 5.32 Å². The zero-order chi connectivity index (χ0) is 14.4. The highest BCUT2D eigenvalue weighted by Crippen LogP contribution is 2.20. The Bertz CT molecular complexity index is 482. The lowest BCUT2D eigenvalue weighted by atomic mass is 10.1. The number of hydrogen-bond donors (Lipinski definition) is 1. The highest BCUT2D eigenvalue weighted by Gasteiger charge is 2.17. The molecule has 1 N–H and O–H groups in total. The zero-order valence-electron chi connectivity index (χ0n) is 12.4. The van der Waals surface area contributed by atoms with Gasteiger partial charge in [-0.15, -0.1) is 11.3 Å². The van der Waals surface area contributed by atoms with Gasteiger partial charge in [0.15, 0.2) is 0 Å². The van der Waals surface area contributed by atoms with E-state index in [-0.39, 0.29) is 0 Å². The van der Waals surface area contributed by atoms with Crippen molar-refractivity contribution in [1.82, 2.24) is 15.2 Å². The molecule has 0 aliphatic rings. The van der Waals surface area contributed by atoms with Crippen molar-refractivity contribution in [1.29, 1.82) is 0 Å². The van der Waals surface area contributed by atoms with Crippen LogP contribution in [0.5, 0.6) is 0 Å². The molecular weight excluding hydrogens is 266 g/mol. The first-order chi connectivity index (χ1) is 9.66. The third-order valence-electron chi connectivity index (χ3n) is 3.33.